The third-order valence-corrected chi connectivity index (χ3v) is 6.33. The van der Waals surface area contributed by atoms with Gasteiger partial charge in [-0.05, 0) is 49.7 Å². The maximum absolute atomic E-state index is 13.7. The highest BCUT2D eigenvalue weighted by Gasteiger charge is 2.35. The topological polar surface area (TPSA) is 83.0 Å². The highest BCUT2D eigenvalue weighted by molar-refractivity contribution is 5.89. The molecule has 0 aliphatic rings. The number of fused-ring (bicyclic) bond motifs is 2. The minimum Gasteiger partial charge on any atom is -0.460 e. The number of para-hydroxylation sites is 2. The minimum atomic E-state index is -0.882. The summed E-state index contributed by atoms with van der Waals surface area (Å²) in [6.07, 6.45) is 4.24. The van der Waals surface area contributed by atoms with E-state index in [0.29, 0.717) is 13.0 Å². The van der Waals surface area contributed by atoms with E-state index in [1.807, 2.05) is 86.8 Å². The summed E-state index contributed by atoms with van der Waals surface area (Å²) >= 11 is 0. The predicted octanol–water partition coefficient (Wildman–Crippen LogP) is 5.28. The van der Waals surface area contributed by atoms with Crippen LogP contribution in [0.25, 0.3) is 21.9 Å². The lowest BCUT2D eigenvalue weighted by Crippen LogP contribution is -2.56. The maximum atomic E-state index is 13.7. The Morgan fingerprint density at radius 1 is 1.09 bits per heavy atom. The summed E-state index contributed by atoms with van der Waals surface area (Å²) < 4.78 is 5.99. The van der Waals surface area contributed by atoms with E-state index in [1.165, 1.54) is 0 Å². The molecule has 3 aromatic heterocycles. The molecule has 0 saturated heterocycles. The van der Waals surface area contributed by atoms with Crippen molar-refractivity contribution in [3.05, 3.63) is 102 Å². The van der Waals surface area contributed by atoms with Gasteiger partial charge < -0.3 is 14.7 Å². The molecule has 3 heterocycles. The van der Waals surface area contributed by atoms with Gasteiger partial charge in [0.05, 0.1) is 23.8 Å². The molecule has 0 bridgehead atoms. The van der Waals surface area contributed by atoms with Crippen molar-refractivity contribution in [2.75, 3.05) is 0 Å². The Balaban J connectivity index is 1.41. The molecule has 0 radical (unpaired) electrons. The van der Waals surface area contributed by atoms with Gasteiger partial charge in [-0.15, -0.1) is 0 Å². The fraction of sp³-hybridized carbons (Fsp3) is 0.214. The highest BCUT2D eigenvalue weighted by Crippen LogP contribution is 2.25. The van der Waals surface area contributed by atoms with Crippen molar-refractivity contribution in [1.82, 2.24) is 20.6 Å². The van der Waals surface area contributed by atoms with E-state index in [0.717, 1.165) is 38.9 Å². The van der Waals surface area contributed by atoms with Crippen LogP contribution in [0.5, 0.6) is 0 Å². The number of nitrogens with one attached hydrogen (secondary N) is 3. The van der Waals surface area contributed by atoms with Crippen molar-refractivity contribution in [1.29, 1.82) is 0 Å². The average Bonchev–Trinajstić information content (AvgIpc) is 3.47. The van der Waals surface area contributed by atoms with Crippen molar-refractivity contribution in [2.24, 2.45) is 0 Å². The highest BCUT2D eigenvalue weighted by atomic mass is 16.3. The van der Waals surface area contributed by atoms with Crippen LogP contribution in [0.4, 0.5) is 0 Å². The zero-order chi connectivity index (χ0) is 23.5. The number of H-pyrrole nitrogens is 1. The molecular weight excluding hydrogens is 424 g/mol. The fourth-order valence-corrected chi connectivity index (χ4v) is 4.35. The molecule has 2 unspecified atom stereocenters. The molecule has 0 aliphatic carbocycles. The molecule has 2 aromatic carbocycles. The largest absolute Gasteiger partial charge is 0.460 e. The number of amides is 1. The summed E-state index contributed by atoms with van der Waals surface area (Å²) in [5.74, 6) is 0.698. The second-order valence-electron chi connectivity index (χ2n) is 8.92. The molecule has 6 nitrogen and oxygen atoms in total. The average molecular weight is 453 g/mol. The van der Waals surface area contributed by atoms with Crippen LogP contribution < -0.4 is 10.6 Å². The van der Waals surface area contributed by atoms with Crippen LogP contribution in [0.2, 0.25) is 0 Å². The van der Waals surface area contributed by atoms with Gasteiger partial charge in [0.15, 0.2) is 0 Å². The summed E-state index contributed by atoms with van der Waals surface area (Å²) in [5, 5.41) is 8.81. The van der Waals surface area contributed by atoms with Gasteiger partial charge in [0.2, 0.25) is 5.91 Å². The first-order valence-electron chi connectivity index (χ1n) is 11.5. The number of aromatic amines is 1. The molecule has 6 heteroatoms. The van der Waals surface area contributed by atoms with Crippen LogP contribution in [0.3, 0.4) is 0 Å². The maximum Gasteiger partial charge on any atom is 0.240 e. The van der Waals surface area contributed by atoms with E-state index in [2.05, 4.69) is 26.7 Å². The lowest BCUT2D eigenvalue weighted by atomic mass is 9.90. The predicted molar refractivity (Wildman–Crippen MR) is 134 cm³/mol. The fourth-order valence-electron chi connectivity index (χ4n) is 4.35. The van der Waals surface area contributed by atoms with Crippen LogP contribution in [0, 0.1) is 0 Å². The van der Waals surface area contributed by atoms with Gasteiger partial charge in [-0.1, -0.05) is 42.5 Å². The molecule has 172 valence electrons. The monoisotopic (exact) mass is 452 g/mol. The van der Waals surface area contributed by atoms with Gasteiger partial charge in [0.25, 0.3) is 0 Å². The second kappa shape index (κ2) is 9.15. The zero-order valence-electron chi connectivity index (χ0n) is 19.3. The number of nitrogens with zero attached hydrogens (tertiary/aromatic N) is 1. The molecule has 34 heavy (non-hydrogen) atoms. The van der Waals surface area contributed by atoms with Crippen molar-refractivity contribution < 1.29 is 9.21 Å². The number of rotatable bonds is 8. The third kappa shape index (κ3) is 4.45. The molecule has 5 rings (SSSR count). The first-order valence-corrected chi connectivity index (χ1v) is 11.5. The van der Waals surface area contributed by atoms with E-state index < -0.39 is 5.54 Å². The molecule has 0 aliphatic heterocycles. The van der Waals surface area contributed by atoms with Crippen molar-refractivity contribution in [3.63, 3.8) is 0 Å². The van der Waals surface area contributed by atoms with Crippen LogP contribution in [0.15, 0.2) is 89.6 Å². The summed E-state index contributed by atoms with van der Waals surface area (Å²) in [6, 6.07) is 23.6. The number of furan rings is 1. The lowest BCUT2D eigenvalue weighted by molar-refractivity contribution is -0.127. The van der Waals surface area contributed by atoms with Crippen LogP contribution >= 0.6 is 0 Å². The van der Waals surface area contributed by atoms with Crippen molar-refractivity contribution in [2.45, 2.75) is 38.4 Å². The Kier molecular flexibility index (Phi) is 5.90. The number of benzene rings is 2. The van der Waals surface area contributed by atoms with Crippen LogP contribution in [0.1, 0.15) is 36.9 Å². The Morgan fingerprint density at radius 3 is 2.71 bits per heavy atom. The first-order chi connectivity index (χ1) is 16.5. The summed E-state index contributed by atoms with van der Waals surface area (Å²) in [4.78, 5) is 21.4. The smallest absolute Gasteiger partial charge is 0.240 e. The SMILES string of the molecule is CC(NC(=O)C(C)(Cc1c[nH]c2ccccc12)NCc1cc2ccccc2o1)c1ccccn1. The first kappa shape index (κ1) is 21.9. The third-order valence-electron chi connectivity index (χ3n) is 6.33. The van der Waals surface area contributed by atoms with E-state index in [4.69, 9.17) is 4.42 Å². The van der Waals surface area contributed by atoms with Crippen LogP contribution in [-0.4, -0.2) is 21.4 Å². The van der Waals surface area contributed by atoms with E-state index in [9.17, 15) is 4.79 Å². The lowest BCUT2D eigenvalue weighted by Gasteiger charge is -2.31. The van der Waals surface area contributed by atoms with Gasteiger partial charge in [0, 0.05) is 35.1 Å². The summed E-state index contributed by atoms with van der Waals surface area (Å²) in [6.45, 7) is 4.32. The zero-order valence-corrected chi connectivity index (χ0v) is 19.3. The number of carbonyl (C=O) groups excluding carboxylic acids is 1. The molecule has 0 saturated carbocycles. The normalized spacial score (nSPS) is 14.2. The quantitative estimate of drug-likeness (QED) is 0.299. The number of carbonyl (C=O) groups is 1. The molecular formula is C28H28N4O2. The molecule has 5 aromatic rings. The van der Waals surface area contributed by atoms with Gasteiger partial charge >= 0.3 is 0 Å². The van der Waals surface area contributed by atoms with Crippen LogP contribution in [-0.2, 0) is 17.8 Å². The Morgan fingerprint density at radius 2 is 1.88 bits per heavy atom. The van der Waals surface area contributed by atoms with E-state index in [1.54, 1.807) is 6.20 Å². The molecule has 0 fully saturated rings. The number of pyridine rings is 1. The van der Waals surface area contributed by atoms with Gasteiger partial charge in [-0.3, -0.25) is 15.1 Å². The van der Waals surface area contributed by atoms with E-state index in [-0.39, 0.29) is 11.9 Å². The molecule has 1 amide bonds. The van der Waals surface area contributed by atoms with Crippen molar-refractivity contribution in [3.8, 4) is 0 Å². The molecule has 2 atom stereocenters. The Bertz CT molecular complexity index is 1390. The van der Waals surface area contributed by atoms with Crippen molar-refractivity contribution >= 4 is 27.8 Å². The number of aromatic nitrogens is 2. The standard InChI is InChI=1S/C28H28N4O2/c1-19(24-11-7-8-14-29-24)32-27(33)28(2,16-21-17-30-25-12-5-4-10-23(21)25)31-18-22-15-20-9-3-6-13-26(20)34-22/h3-15,17,19,30-31H,16,18H2,1-2H3,(H,32,33). The number of hydrogen-bond donors (Lipinski definition) is 3. The van der Waals surface area contributed by atoms with Gasteiger partial charge in [0.1, 0.15) is 11.3 Å². The van der Waals surface area contributed by atoms with E-state index >= 15 is 0 Å². The molecule has 3 N–H and O–H groups in total. The Hall–Kier alpha value is -3.90. The second-order valence-corrected chi connectivity index (χ2v) is 8.92. The summed E-state index contributed by atoms with van der Waals surface area (Å²) in [7, 11) is 0. The summed E-state index contributed by atoms with van der Waals surface area (Å²) in [5.41, 5.74) is 2.91. The minimum absolute atomic E-state index is 0.0907. The Labute approximate surface area is 198 Å². The molecule has 0 spiro atoms. The number of hydrogen-bond acceptors (Lipinski definition) is 4. The van der Waals surface area contributed by atoms with Gasteiger partial charge in [-0.25, -0.2) is 0 Å². The van der Waals surface area contributed by atoms with Gasteiger partial charge in [-0.2, -0.15) is 0 Å².